The summed E-state index contributed by atoms with van der Waals surface area (Å²) in [4.78, 5) is 44.2. The Morgan fingerprint density at radius 1 is 1.11 bits per heavy atom. The van der Waals surface area contributed by atoms with Crippen molar-refractivity contribution in [3.05, 3.63) is 65.9 Å². The number of aromatic nitrogens is 2. The first-order valence-electron chi connectivity index (χ1n) is 15.0. The van der Waals surface area contributed by atoms with Crippen LogP contribution in [-0.2, 0) is 17.9 Å². The summed E-state index contributed by atoms with van der Waals surface area (Å²) in [7, 11) is 3.71. The van der Waals surface area contributed by atoms with Gasteiger partial charge in [-0.2, -0.15) is 15.2 Å². The fourth-order valence-corrected chi connectivity index (χ4v) is 6.61. The lowest BCUT2D eigenvalue weighted by Crippen LogP contribution is -2.55. The zero-order valence-corrected chi connectivity index (χ0v) is 25.2. The fourth-order valence-electron chi connectivity index (χ4n) is 6.61. The lowest BCUT2D eigenvalue weighted by Gasteiger charge is -2.41. The number of hydrogen-bond acceptors (Lipinski definition) is 9. The van der Waals surface area contributed by atoms with Gasteiger partial charge in [0.1, 0.15) is 18.2 Å². The van der Waals surface area contributed by atoms with E-state index >= 15 is 0 Å². The number of carbonyl (C=O) groups excluding carboxylic acids is 2. The SMILES string of the molecule is C=CC(=O)N1CCN(c2nc(OC[C@@H]3CCCN3C)nc3c2CN(C(=O)c2cccc4cccc(OC)c24)C3)C[C@@H]1CC#N. The summed E-state index contributed by atoms with van der Waals surface area (Å²) in [5.41, 5.74) is 2.16. The molecule has 4 heterocycles. The van der Waals surface area contributed by atoms with Gasteiger partial charge in [0.25, 0.3) is 5.91 Å². The van der Waals surface area contributed by atoms with Crippen molar-refractivity contribution in [2.75, 3.05) is 51.8 Å². The average molecular weight is 596 g/mol. The first kappa shape index (κ1) is 29.4. The van der Waals surface area contributed by atoms with Gasteiger partial charge in [-0.1, -0.05) is 30.8 Å². The van der Waals surface area contributed by atoms with E-state index in [0.29, 0.717) is 62.5 Å². The molecule has 3 aromatic rings. The van der Waals surface area contributed by atoms with Gasteiger partial charge in [-0.05, 0) is 50.0 Å². The molecule has 0 radical (unpaired) electrons. The Bertz CT molecular complexity index is 1630. The number of carbonyl (C=O) groups is 2. The van der Waals surface area contributed by atoms with E-state index in [-0.39, 0.29) is 30.3 Å². The molecule has 0 spiro atoms. The minimum absolute atomic E-state index is 0.122. The lowest BCUT2D eigenvalue weighted by molar-refractivity contribution is -0.128. The second kappa shape index (κ2) is 12.5. The number of nitrogens with zero attached hydrogens (tertiary/aromatic N) is 7. The van der Waals surface area contributed by atoms with Gasteiger partial charge in [-0.15, -0.1) is 0 Å². The topological polar surface area (TPSA) is 115 Å². The van der Waals surface area contributed by atoms with E-state index < -0.39 is 0 Å². The highest BCUT2D eigenvalue weighted by atomic mass is 16.5. The molecule has 11 heteroatoms. The summed E-state index contributed by atoms with van der Waals surface area (Å²) in [6, 6.07) is 13.9. The predicted molar refractivity (Wildman–Crippen MR) is 165 cm³/mol. The molecule has 2 saturated heterocycles. The fraction of sp³-hybridized carbons (Fsp3) is 0.424. The Hall–Kier alpha value is -4.69. The van der Waals surface area contributed by atoms with Crippen LogP contribution in [-0.4, -0.2) is 95.5 Å². The van der Waals surface area contributed by atoms with Crippen LogP contribution in [0.3, 0.4) is 0 Å². The molecule has 0 unspecified atom stereocenters. The first-order valence-corrected chi connectivity index (χ1v) is 15.0. The number of likely N-dealkylation sites (tertiary alicyclic amines) is 1. The zero-order chi connectivity index (χ0) is 30.8. The van der Waals surface area contributed by atoms with Crippen molar-refractivity contribution in [1.82, 2.24) is 24.7 Å². The Balaban J connectivity index is 1.33. The van der Waals surface area contributed by atoms with Gasteiger partial charge in [0, 0.05) is 36.6 Å². The highest BCUT2D eigenvalue weighted by Crippen LogP contribution is 2.36. The number of methoxy groups -OCH3 is 1. The van der Waals surface area contributed by atoms with E-state index in [2.05, 4.69) is 29.5 Å². The quantitative estimate of drug-likeness (QED) is 0.362. The molecule has 0 bridgehead atoms. The molecule has 2 atom stereocenters. The van der Waals surface area contributed by atoms with Crippen LogP contribution in [0, 0.1) is 11.3 Å². The number of likely N-dealkylation sites (N-methyl/N-ethyl adjacent to an activating group) is 1. The van der Waals surface area contributed by atoms with Crippen molar-refractivity contribution in [3.63, 3.8) is 0 Å². The van der Waals surface area contributed by atoms with Gasteiger partial charge < -0.3 is 29.1 Å². The smallest absolute Gasteiger partial charge is 0.318 e. The monoisotopic (exact) mass is 595 g/mol. The Morgan fingerprint density at radius 3 is 2.66 bits per heavy atom. The van der Waals surface area contributed by atoms with Gasteiger partial charge >= 0.3 is 6.01 Å². The van der Waals surface area contributed by atoms with Crippen LogP contribution in [0.5, 0.6) is 11.8 Å². The van der Waals surface area contributed by atoms with Crippen LogP contribution < -0.4 is 14.4 Å². The van der Waals surface area contributed by atoms with Crippen molar-refractivity contribution in [2.45, 2.75) is 44.4 Å². The molecule has 6 rings (SSSR count). The Labute approximate surface area is 257 Å². The number of nitriles is 1. The number of ether oxygens (including phenoxy) is 2. The van der Waals surface area contributed by atoms with E-state index in [9.17, 15) is 14.9 Å². The number of rotatable bonds is 8. The van der Waals surface area contributed by atoms with Gasteiger partial charge in [0.05, 0.1) is 50.0 Å². The number of anilines is 1. The van der Waals surface area contributed by atoms with Crippen LogP contribution in [0.15, 0.2) is 49.1 Å². The normalized spacial score (nSPS) is 20.0. The maximum atomic E-state index is 14.1. The molecule has 0 saturated carbocycles. The summed E-state index contributed by atoms with van der Waals surface area (Å²) in [6.45, 7) is 7.16. The van der Waals surface area contributed by atoms with Crippen molar-refractivity contribution in [1.29, 1.82) is 5.26 Å². The molecule has 2 fully saturated rings. The van der Waals surface area contributed by atoms with Crippen LogP contribution in [0.2, 0.25) is 0 Å². The van der Waals surface area contributed by atoms with E-state index in [0.717, 1.165) is 41.4 Å². The minimum atomic E-state index is -0.316. The zero-order valence-electron chi connectivity index (χ0n) is 25.2. The minimum Gasteiger partial charge on any atom is -0.496 e. The van der Waals surface area contributed by atoms with Gasteiger partial charge in [-0.25, -0.2) is 0 Å². The van der Waals surface area contributed by atoms with Crippen molar-refractivity contribution in [3.8, 4) is 17.8 Å². The molecule has 0 aliphatic carbocycles. The molecule has 11 nitrogen and oxygen atoms in total. The van der Waals surface area contributed by atoms with Gasteiger partial charge in [-0.3, -0.25) is 9.59 Å². The molecule has 2 aromatic carbocycles. The van der Waals surface area contributed by atoms with E-state index in [1.165, 1.54) is 6.08 Å². The third-order valence-electron chi connectivity index (χ3n) is 8.99. The predicted octanol–water partition coefficient (Wildman–Crippen LogP) is 3.38. The number of benzene rings is 2. The highest BCUT2D eigenvalue weighted by molar-refractivity contribution is 6.09. The standard InChI is InChI=1S/C33H37N7O4/c1-4-29(41)40-17-16-38(18-23(40)13-14-34)31-26-19-39(20-27(26)35-33(36-31)44-21-24-10-7-15-37(24)2)32(42)25-11-5-8-22-9-6-12-28(43-3)30(22)25/h4-6,8-9,11-12,23-24H,1,7,10,13,15-21H2,2-3H3/t23-,24-/m0/s1. The molecule has 2 amide bonds. The Kier molecular flexibility index (Phi) is 8.35. The van der Waals surface area contributed by atoms with Crippen LogP contribution in [0.1, 0.15) is 40.9 Å². The molecule has 0 N–H and O–H groups in total. The summed E-state index contributed by atoms with van der Waals surface area (Å²) >= 11 is 0. The molecular weight excluding hydrogens is 558 g/mol. The van der Waals surface area contributed by atoms with Crippen LogP contribution in [0.4, 0.5) is 5.82 Å². The van der Waals surface area contributed by atoms with Gasteiger partial charge in [0.2, 0.25) is 5.91 Å². The summed E-state index contributed by atoms with van der Waals surface area (Å²) in [5.74, 6) is 1.02. The molecule has 3 aliphatic rings. The van der Waals surface area contributed by atoms with E-state index in [1.807, 2.05) is 36.4 Å². The van der Waals surface area contributed by atoms with Crippen molar-refractivity contribution < 1.29 is 19.1 Å². The van der Waals surface area contributed by atoms with Crippen LogP contribution >= 0.6 is 0 Å². The number of fused-ring (bicyclic) bond motifs is 2. The summed E-state index contributed by atoms with van der Waals surface area (Å²) in [6.07, 6.45) is 3.67. The number of amides is 2. The second-order valence-electron chi connectivity index (χ2n) is 11.6. The van der Waals surface area contributed by atoms with Crippen molar-refractivity contribution >= 4 is 28.4 Å². The van der Waals surface area contributed by atoms with E-state index in [4.69, 9.17) is 19.4 Å². The van der Waals surface area contributed by atoms with Crippen molar-refractivity contribution in [2.24, 2.45) is 0 Å². The maximum absolute atomic E-state index is 14.1. The lowest BCUT2D eigenvalue weighted by atomic mass is 10.0. The average Bonchev–Trinajstić information content (AvgIpc) is 3.67. The number of piperazine rings is 1. The maximum Gasteiger partial charge on any atom is 0.318 e. The van der Waals surface area contributed by atoms with Crippen LogP contribution in [0.25, 0.3) is 10.8 Å². The summed E-state index contributed by atoms with van der Waals surface area (Å²) < 4.78 is 11.8. The highest BCUT2D eigenvalue weighted by Gasteiger charge is 2.36. The third kappa shape index (κ3) is 5.53. The first-order chi connectivity index (χ1) is 21.4. The Morgan fingerprint density at radius 2 is 1.93 bits per heavy atom. The number of hydrogen-bond donors (Lipinski definition) is 0. The second-order valence-corrected chi connectivity index (χ2v) is 11.6. The molecule has 3 aliphatic heterocycles. The molecule has 44 heavy (non-hydrogen) atoms. The molecular formula is C33H37N7O4. The van der Waals surface area contributed by atoms with E-state index in [1.54, 1.807) is 16.9 Å². The molecule has 228 valence electrons. The largest absolute Gasteiger partial charge is 0.496 e. The summed E-state index contributed by atoms with van der Waals surface area (Å²) in [5, 5.41) is 11.2. The van der Waals surface area contributed by atoms with Gasteiger partial charge in [0.15, 0.2) is 0 Å². The third-order valence-corrected chi connectivity index (χ3v) is 8.99. The molecule has 1 aromatic heterocycles.